The van der Waals surface area contributed by atoms with Gasteiger partial charge in [-0.2, -0.15) is 0 Å². The summed E-state index contributed by atoms with van der Waals surface area (Å²) < 4.78 is 0. The van der Waals surface area contributed by atoms with Crippen LogP contribution in [0.4, 0.5) is 0 Å². The summed E-state index contributed by atoms with van der Waals surface area (Å²) in [7, 11) is 0. The Morgan fingerprint density at radius 3 is 2.69 bits per heavy atom. The molecule has 0 saturated carbocycles. The highest BCUT2D eigenvalue weighted by molar-refractivity contribution is 5.34. The van der Waals surface area contributed by atoms with Crippen molar-refractivity contribution in [1.29, 1.82) is 0 Å². The van der Waals surface area contributed by atoms with Gasteiger partial charge in [-0.1, -0.05) is 18.2 Å². The van der Waals surface area contributed by atoms with E-state index in [1.54, 1.807) is 0 Å². The first-order chi connectivity index (χ1) is 7.92. The molecule has 1 saturated heterocycles. The Morgan fingerprint density at radius 2 is 1.81 bits per heavy atom. The van der Waals surface area contributed by atoms with Crippen molar-refractivity contribution in [3.63, 3.8) is 0 Å². The molecule has 0 bridgehead atoms. The van der Waals surface area contributed by atoms with E-state index in [2.05, 4.69) is 28.8 Å². The molecule has 2 aliphatic rings. The highest BCUT2D eigenvalue weighted by Gasteiger charge is 2.15. The fourth-order valence-corrected chi connectivity index (χ4v) is 2.89. The average molecular weight is 216 g/mol. The van der Waals surface area contributed by atoms with Crippen molar-refractivity contribution < 1.29 is 0 Å². The van der Waals surface area contributed by atoms with Gasteiger partial charge in [-0.25, -0.2) is 0 Å². The molecular formula is C14H20N2. The Balaban J connectivity index is 1.69. The van der Waals surface area contributed by atoms with Crippen molar-refractivity contribution in [2.45, 2.75) is 32.4 Å². The zero-order valence-corrected chi connectivity index (χ0v) is 9.76. The van der Waals surface area contributed by atoms with Gasteiger partial charge in [0.15, 0.2) is 0 Å². The van der Waals surface area contributed by atoms with Gasteiger partial charge in [0.1, 0.15) is 0 Å². The number of hydrogen-bond acceptors (Lipinski definition) is 2. The molecule has 3 rings (SSSR count). The number of rotatable bonds is 2. The third-order valence-corrected chi connectivity index (χ3v) is 3.88. The monoisotopic (exact) mass is 216 g/mol. The van der Waals surface area contributed by atoms with Gasteiger partial charge in [-0.05, 0) is 55.0 Å². The first-order valence-electron chi connectivity index (χ1n) is 6.44. The van der Waals surface area contributed by atoms with E-state index in [0.29, 0.717) is 0 Å². The van der Waals surface area contributed by atoms with E-state index >= 15 is 0 Å². The lowest BCUT2D eigenvalue weighted by molar-refractivity contribution is 0.372. The van der Waals surface area contributed by atoms with Crippen LogP contribution in [0.5, 0.6) is 0 Å². The van der Waals surface area contributed by atoms with E-state index in [0.717, 1.165) is 19.0 Å². The zero-order chi connectivity index (χ0) is 10.8. The fraction of sp³-hybridized carbons (Fsp3) is 0.571. The zero-order valence-electron chi connectivity index (χ0n) is 9.76. The molecule has 1 aromatic carbocycles. The highest BCUT2D eigenvalue weighted by atomic mass is 14.9. The molecule has 0 unspecified atom stereocenters. The summed E-state index contributed by atoms with van der Waals surface area (Å²) in [5.74, 6) is 0.897. The minimum absolute atomic E-state index is 0.897. The highest BCUT2D eigenvalue weighted by Crippen LogP contribution is 2.22. The predicted molar refractivity (Wildman–Crippen MR) is 66.3 cm³/mol. The smallest absolute Gasteiger partial charge is 0.0212 e. The average Bonchev–Trinajstić information content (AvgIpc) is 2.77. The quantitative estimate of drug-likeness (QED) is 0.788. The van der Waals surface area contributed by atoms with Crippen molar-refractivity contribution in [2.75, 3.05) is 13.1 Å². The Bertz CT molecular complexity index is 367. The summed E-state index contributed by atoms with van der Waals surface area (Å²) in [6.07, 6.45) is 3.96. The topological polar surface area (TPSA) is 24.1 Å². The number of hydrogen-bond donors (Lipinski definition) is 2. The van der Waals surface area contributed by atoms with Gasteiger partial charge in [0.25, 0.3) is 0 Å². The maximum Gasteiger partial charge on any atom is 0.0212 e. The Kier molecular flexibility index (Phi) is 2.94. The molecule has 1 aromatic rings. The van der Waals surface area contributed by atoms with E-state index in [-0.39, 0.29) is 0 Å². The number of benzene rings is 1. The van der Waals surface area contributed by atoms with Gasteiger partial charge in [0, 0.05) is 13.1 Å². The largest absolute Gasteiger partial charge is 0.317 e. The van der Waals surface area contributed by atoms with Crippen LogP contribution in [-0.4, -0.2) is 13.1 Å². The van der Waals surface area contributed by atoms with Gasteiger partial charge in [0.2, 0.25) is 0 Å². The van der Waals surface area contributed by atoms with Crippen LogP contribution in [0.25, 0.3) is 0 Å². The summed E-state index contributed by atoms with van der Waals surface area (Å²) in [5, 5.41) is 6.84. The van der Waals surface area contributed by atoms with Crippen LogP contribution in [-0.2, 0) is 19.5 Å². The molecule has 0 atom stereocenters. The molecule has 0 spiro atoms. The van der Waals surface area contributed by atoms with Gasteiger partial charge >= 0.3 is 0 Å². The van der Waals surface area contributed by atoms with Crippen molar-refractivity contribution in [3.05, 3.63) is 34.9 Å². The second kappa shape index (κ2) is 4.56. The van der Waals surface area contributed by atoms with E-state index in [4.69, 9.17) is 0 Å². The molecule has 2 heteroatoms. The summed E-state index contributed by atoms with van der Waals surface area (Å²) in [6, 6.07) is 7.05. The normalized spacial score (nSPS) is 21.0. The lowest BCUT2D eigenvalue weighted by Gasteiger charge is -2.22. The number of nitrogens with one attached hydrogen (secondary N) is 2. The summed E-state index contributed by atoms with van der Waals surface area (Å²) >= 11 is 0. The summed E-state index contributed by atoms with van der Waals surface area (Å²) in [5.41, 5.74) is 4.55. The SMILES string of the molecule is c1cc2c(cc1CC1CCNCC1)CNC2. The molecule has 0 amide bonds. The molecule has 0 aliphatic carbocycles. The van der Waals surface area contributed by atoms with E-state index in [1.165, 1.54) is 49.0 Å². The second-order valence-electron chi connectivity index (χ2n) is 5.10. The molecule has 0 aromatic heterocycles. The minimum atomic E-state index is 0.897. The molecular weight excluding hydrogens is 196 g/mol. The minimum Gasteiger partial charge on any atom is -0.317 e. The van der Waals surface area contributed by atoms with E-state index < -0.39 is 0 Å². The second-order valence-corrected chi connectivity index (χ2v) is 5.10. The summed E-state index contributed by atoms with van der Waals surface area (Å²) in [6.45, 7) is 4.53. The van der Waals surface area contributed by atoms with Crippen LogP contribution in [0.15, 0.2) is 18.2 Å². The maximum atomic E-state index is 3.43. The van der Waals surface area contributed by atoms with Crippen LogP contribution in [0, 0.1) is 5.92 Å². The van der Waals surface area contributed by atoms with Crippen molar-refractivity contribution in [1.82, 2.24) is 10.6 Å². The molecule has 1 fully saturated rings. The number of fused-ring (bicyclic) bond motifs is 1. The first kappa shape index (κ1) is 10.3. The van der Waals surface area contributed by atoms with Crippen molar-refractivity contribution in [3.8, 4) is 0 Å². The van der Waals surface area contributed by atoms with Gasteiger partial charge in [0.05, 0.1) is 0 Å². The van der Waals surface area contributed by atoms with Gasteiger partial charge in [-0.3, -0.25) is 0 Å². The maximum absolute atomic E-state index is 3.43. The van der Waals surface area contributed by atoms with Crippen molar-refractivity contribution >= 4 is 0 Å². The summed E-state index contributed by atoms with van der Waals surface area (Å²) in [4.78, 5) is 0. The fourth-order valence-electron chi connectivity index (χ4n) is 2.89. The van der Waals surface area contributed by atoms with Gasteiger partial charge < -0.3 is 10.6 Å². The molecule has 2 N–H and O–H groups in total. The Labute approximate surface area is 97.4 Å². The lowest BCUT2D eigenvalue weighted by Crippen LogP contribution is -2.28. The molecule has 2 heterocycles. The third kappa shape index (κ3) is 2.13. The van der Waals surface area contributed by atoms with Crippen molar-refractivity contribution in [2.24, 2.45) is 5.92 Å². The molecule has 2 aliphatic heterocycles. The van der Waals surface area contributed by atoms with E-state index in [9.17, 15) is 0 Å². The van der Waals surface area contributed by atoms with Crippen LogP contribution in [0.3, 0.4) is 0 Å². The first-order valence-corrected chi connectivity index (χ1v) is 6.44. The molecule has 0 radical (unpaired) electrons. The van der Waals surface area contributed by atoms with Gasteiger partial charge in [-0.15, -0.1) is 0 Å². The van der Waals surface area contributed by atoms with E-state index in [1.807, 2.05) is 0 Å². The molecule has 16 heavy (non-hydrogen) atoms. The van der Waals surface area contributed by atoms with Crippen LogP contribution in [0.2, 0.25) is 0 Å². The standard InChI is InChI=1S/C14H20N2/c1-2-13-9-16-10-14(13)8-12(1)7-11-3-5-15-6-4-11/h1-2,8,11,15-16H,3-7,9-10H2. The third-order valence-electron chi connectivity index (χ3n) is 3.88. The Morgan fingerprint density at radius 1 is 1.00 bits per heavy atom. The predicted octanol–water partition coefficient (Wildman–Crippen LogP) is 1.83. The van der Waals surface area contributed by atoms with Crippen LogP contribution >= 0.6 is 0 Å². The van der Waals surface area contributed by atoms with Crippen LogP contribution in [0.1, 0.15) is 29.5 Å². The Hall–Kier alpha value is -0.860. The lowest BCUT2D eigenvalue weighted by atomic mass is 9.90. The molecule has 2 nitrogen and oxygen atoms in total. The van der Waals surface area contributed by atoms with Crippen LogP contribution < -0.4 is 10.6 Å². The number of piperidine rings is 1. The molecule has 86 valence electrons.